The van der Waals surface area contributed by atoms with Crippen LogP contribution in [0.5, 0.6) is 0 Å². The molecule has 240 valence electrons. The molecule has 0 fully saturated rings. The lowest BCUT2D eigenvalue weighted by Gasteiger charge is -2.06. The molecule has 0 unspecified atom stereocenters. The van der Waals surface area contributed by atoms with Crippen molar-refractivity contribution in [2.45, 2.75) is 6.92 Å². The summed E-state index contributed by atoms with van der Waals surface area (Å²) in [6, 6.07) is 27.6. The van der Waals surface area contributed by atoms with Gasteiger partial charge in [-0.05, 0) is 78.7 Å². The number of aromatic nitrogens is 6. The second-order valence-electron chi connectivity index (χ2n) is 10.7. The second-order valence-corrected chi connectivity index (χ2v) is 12.7. The van der Waals surface area contributed by atoms with Crippen molar-refractivity contribution < 1.29 is 4.79 Å². The van der Waals surface area contributed by atoms with Crippen LogP contribution >= 0.6 is 22.7 Å². The van der Waals surface area contributed by atoms with Gasteiger partial charge in [0.05, 0.1) is 31.8 Å². The van der Waals surface area contributed by atoms with E-state index in [-0.39, 0.29) is 6.03 Å². The number of fused-ring (bicyclic) bond motifs is 2. The maximum Gasteiger partial charge on any atom is 0.321 e. The van der Waals surface area contributed by atoms with Crippen molar-refractivity contribution in [1.29, 1.82) is 0 Å². The molecule has 8 rings (SSSR count). The smallest absolute Gasteiger partial charge is 0.321 e. The number of hydrogen-bond acceptors (Lipinski definition) is 10. The third-order valence-corrected chi connectivity index (χ3v) is 9.38. The molecule has 0 saturated heterocycles. The number of pyridine rings is 4. The fourth-order valence-corrected chi connectivity index (χ4v) is 7.06. The number of thiazole rings is 2. The number of rotatable bonds is 6. The molecular weight excluding hydrogens is 651 g/mol. The summed E-state index contributed by atoms with van der Waals surface area (Å²) in [5.74, 6) is 0. The first-order valence-corrected chi connectivity index (χ1v) is 17.0. The van der Waals surface area contributed by atoms with Crippen molar-refractivity contribution in [3.8, 4) is 44.8 Å². The first-order chi connectivity index (χ1) is 24.1. The number of benzene rings is 2. The van der Waals surface area contributed by atoms with Crippen molar-refractivity contribution >= 4 is 59.4 Å². The van der Waals surface area contributed by atoms with Crippen LogP contribution in [0, 0.1) is 0 Å². The first-order valence-electron chi connectivity index (χ1n) is 15.4. The van der Waals surface area contributed by atoms with E-state index in [0.29, 0.717) is 16.8 Å². The monoisotopic (exact) mass is 679 g/mol. The fourth-order valence-electron chi connectivity index (χ4n) is 5.26. The number of carbonyl (C=O) groups excluding carboxylic acids is 1. The lowest BCUT2D eigenvalue weighted by Crippen LogP contribution is -2.28. The molecule has 10 nitrogen and oxygen atoms in total. The van der Waals surface area contributed by atoms with Crippen LogP contribution in [0.4, 0.5) is 15.1 Å². The number of nitrogens with two attached hydrogens (primary N) is 1. The summed E-state index contributed by atoms with van der Waals surface area (Å²) >= 11 is 2.93. The molecule has 6 heterocycles. The molecular formula is C37H29N9OS2. The summed E-state index contributed by atoms with van der Waals surface area (Å²) in [6.45, 7) is 2.43. The van der Waals surface area contributed by atoms with Gasteiger partial charge < -0.3 is 11.1 Å². The lowest BCUT2D eigenvalue weighted by atomic mass is 10.0. The normalized spacial score (nSPS) is 10.8. The Balaban J connectivity index is 0.000000157. The molecule has 0 aliphatic rings. The zero-order valence-corrected chi connectivity index (χ0v) is 27.9. The molecule has 0 bridgehead atoms. The minimum absolute atomic E-state index is 0.261. The zero-order chi connectivity index (χ0) is 33.6. The van der Waals surface area contributed by atoms with Gasteiger partial charge >= 0.3 is 6.03 Å². The summed E-state index contributed by atoms with van der Waals surface area (Å²) < 4.78 is 2.04. The molecule has 2 amide bonds. The van der Waals surface area contributed by atoms with E-state index in [4.69, 9.17) is 5.73 Å². The summed E-state index contributed by atoms with van der Waals surface area (Å²) in [5.41, 5.74) is 15.5. The third-order valence-electron chi connectivity index (χ3n) is 7.43. The van der Waals surface area contributed by atoms with Crippen LogP contribution < -0.4 is 16.4 Å². The van der Waals surface area contributed by atoms with Crippen LogP contribution in [-0.4, -0.2) is 42.5 Å². The first kappa shape index (κ1) is 31.5. The minimum Gasteiger partial charge on any atom is -0.375 e. The molecule has 0 spiro atoms. The SMILES string of the molecule is CCNC(=O)Nc1nc2cc(-c3cccnc3)cc(-c3ccccn3)c2s1.Nc1nc2cc(-c3cccnc3)cc(-c3ccccn3)c2s1. The number of urea groups is 1. The van der Waals surface area contributed by atoms with Crippen LogP contribution in [0.3, 0.4) is 0 Å². The highest BCUT2D eigenvalue weighted by atomic mass is 32.1. The van der Waals surface area contributed by atoms with Crippen molar-refractivity contribution in [3.63, 3.8) is 0 Å². The van der Waals surface area contributed by atoms with Crippen LogP contribution in [0.1, 0.15) is 6.92 Å². The largest absolute Gasteiger partial charge is 0.375 e. The Morgan fingerprint density at radius 1 is 0.673 bits per heavy atom. The highest BCUT2D eigenvalue weighted by Gasteiger charge is 2.16. The molecule has 0 saturated carbocycles. The maximum atomic E-state index is 11.9. The maximum absolute atomic E-state index is 11.9. The van der Waals surface area contributed by atoms with Crippen LogP contribution in [0.15, 0.2) is 122 Å². The Bertz CT molecular complexity index is 2350. The number of amides is 2. The molecule has 0 radical (unpaired) electrons. The Hall–Kier alpha value is -6.11. The topological polar surface area (TPSA) is 144 Å². The number of nitrogens with zero attached hydrogens (tertiary/aromatic N) is 6. The summed E-state index contributed by atoms with van der Waals surface area (Å²) in [6.07, 6.45) is 10.7. The van der Waals surface area contributed by atoms with Crippen LogP contribution in [0.25, 0.3) is 65.2 Å². The minimum atomic E-state index is -0.261. The van der Waals surface area contributed by atoms with E-state index in [1.165, 1.54) is 22.7 Å². The van der Waals surface area contributed by atoms with Gasteiger partial charge in [0, 0.05) is 66.0 Å². The molecule has 8 aromatic rings. The van der Waals surface area contributed by atoms with Gasteiger partial charge in [0.25, 0.3) is 0 Å². The Morgan fingerprint density at radius 3 is 1.76 bits per heavy atom. The van der Waals surface area contributed by atoms with E-state index in [1.54, 1.807) is 24.8 Å². The van der Waals surface area contributed by atoms with Gasteiger partial charge in [0.15, 0.2) is 10.3 Å². The number of anilines is 2. The van der Waals surface area contributed by atoms with Gasteiger partial charge in [-0.3, -0.25) is 25.3 Å². The Morgan fingerprint density at radius 2 is 1.24 bits per heavy atom. The van der Waals surface area contributed by atoms with E-state index >= 15 is 0 Å². The zero-order valence-electron chi connectivity index (χ0n) is 26.2. The van der Waals surface area contributed by atoms with Crippen molar-refractivity contribution in [3.05, 3.63) is 122 Å². The summed E-state index contributed by atoms with van der Waals surface area (Å²) in [5, 5.41) is 6.63. The lowest BCUT2D eigenvalue weighted by molar-refractivity contribution is 0.252. The van der Waals surface area contributed by atoms with E-state index < -0.39 is 0 Å². The second kappa shape index (κ2) is 14.3. The van der Waals surface area contributed by atoms with Gasteiger partial charge in [-0.1, -0.05) is 46.9 Å². The predicted molar refractivity (Wildman–Crippen MR) is 199 cm³/mol. The summed E-state index contributed by atoms with van der Waals surface area (Å²) in [7, 11) is 0. The average Bonchev–Trinajstić information content (AvgIpc) is 3.74. The number of nitrogens with one attached hydrogen (secondary N) is 2. The quantitative estimate of drug-likeness (QED) is 0.159. The van der Waals surface area contributed by atoms with E-state index in [2.05, 4.69) is 52.7 Å². The molecule has 4 N–H and O–H groups in total. The predicted octanol–water partition coefficient (Wildman–Crippen LogP) is 8.56. The van der Waals surface area contributed by atoms with Gasteiger partial charge in [-0.2, -0.15) is 0 Å². The van der Waals surface area contributed by atoms with Crippen LogP contribution in [-0.2, 0) is 0 Å². The van der Waals surface area contributed by atoms with Gasteiger partial charge in [0.1, 0.15) is 0 Å². The molecule has 49 heavy (non-hydrogen) atoms. The standard InChI is InChI=1S/C20H17N5OS.C17H12N4S/c1-2-22-19(26)25-20-24-17-11-14(13-6-5-8-21-12-13)10-15(18(17)27-20)16-7-3-4-9-23-16;18-17-21-15-9-12(11-4-3-6-19-10-11)8-13(16(15)22-17)14-5-1-2-7-20-14/h3-12H,2H2,1H3,(H2,22,24,25,26);1-10H,(H2,18,21). The third kappa shape index (κ3) is 7.10. The highest BCUT2D eigenvalue weighted by Crippen LogP contribution is 2.39. The highest BCUT2D eigenvalue weighted by molar-refractivity contribution is 7.23. The van der Waals surface area contributed by atoms with Crippen LogP contribution in [0.2, 0.25) is 0 Å². The van der Waals surface area contributed by atoms with E-state index in [1.807, 2.05) is 92.1 Å². The van der Waals surface area contributed by atoms with Crippen molar-refractivity contribution in [2.24, 2.45) is 0 Å². The van der Waals surface area contributed by atoms with Gasteiger partial charge in [0.2, 0.25) is 0 Å². The van der Waals surface area contributed by atoms with Gasteiger partial charge in [-0.25, -0.2) is 14.8 Å². The molecule has 6 aromatic heterocycles. The Labute approximate surface area is 289 Å². The average molecular weight is 680 g/mol. The number of nitrogen functional groups attached to an aromatic ring is 1. The molecule has 12 heteroatoms. The number of hydrogen-bond donors (Lipinski definition) is 3. The van der Waals surface area contributed by atoms with Crippen molar-refractivity contribution in [2.75, 3.05) is 17.6 Å². The Kier molecular flexibility index (Phi) is 9.21. The van der Waals surface area contributed by atoms with E-state index in [0.717, 1.165) is 65.2 Å². The van der Waals surface area contributed by atoms with Gasteiger partial charge in [-0.15, -0.1) is 0 Å². The molecule has 0 aliphatic carbocycles. The fraction of sp³-hybridized carbons (Fsp3) is 0.0541. The molecule has 0 atom stereocenters. The summed E-state index contributed by atoms with van der Waals surface area (Å²) in [4.78, 5) is 38.3. The van der Waals surface area contributed by atoms with E-state index in [9.17, 15) is 4.79 Å². The number of carbonyl (C=O) groups is 1. The molecule has 2 aromatic carbocycles. The van der Waals surface area contributed by atoms with Crippen molar-refractivity contribution in [1.82, 2.24) is 35.2 Å². The molecule has 0 aliphatic heterocycles.